The third-order valence-corrected chi connectivity index (χ3v) is 2.79. The lowest BCUT2D eigenvalue weighted by Gasteiger charge is -2.15. The molecule has 1 unspecified atom stereocenters. The second kappa shape index (κ2) is 4.99. The number of hydrogen-bond acceptors (Lipinski definition) is 0. The van der Waals surface area contributed by atoms with Crippen LogP contribution in [0.4, 0.5) is 0 Å². The van der Waals surface area contributed by atoms with Crippen molar-refractivity contribution in [2.75, 3.05) is 0 Å². The molecule has 1 aromatic rings. The van der Waals surface area contributed by atoms with Crippen molar-refractivity contribution >= 4 is 0 Å². The van der Waals surface area contributed by atoms with Crippen LogP contribution in [-0.4, -0.2) is 0 Å². The molecule has 0 heteroatoms. The number of aryl methyl sites for hydroxylation is 1. The normalized spacial score (nSPS) is 12.5. The van der Waals surface area contributed by atoms with Gasteiger partial charge in [0.05, 0.1) is 0 Å². The van der Waals surface area contributed by atoms with E-state index in [9.17, 15) is 0 Å². The van der Waals surface area contributed by atoms with Crippen molar-refractivity contribution in [3.8, 4) is 0 Å². The predicted molar refractivity (Wildman–Crippen MR) is 63.7 cm³/mol. The minimum atomic E-state index is 0.529. The first-order valence-electron chi connectivity index (χ1n) is 5.43. The molecule has 1 aromatic carbocycles. The van der Waals surface area contributed by atoms with Gasteiger partial charge < -0.3 is 0 Å². The fourth-order valence-electron chi connectivity index (χ4n) is 1.85. The lowest BCUT2D eigenvalue weighted by atomic mass is 9.90. The summed E-state index contributed by atoms with van der Waals surface area (Å²) in [7, 11) is 0. The SMILES string of the molecule is C=C(C)C(CC)c1ccc(CC)cc1. The van der Waals surface area contributed by atoms with Crippen molar-refractivity contribution in [2.24, 2.45) is 0 Å². The predicted octanol–water partition coefficient (Wildman–Crippen LogP) is 4.32. The molecular formula is C14H20. The summed E-state index contributed by atoms with van der Waals surface area (Å²) in [5.41, 5.74) is 4.07. The fourth-order valence-corrected chi connectivity index (χ4v) is 1.85. The Morgan fingerprint density at radius 2 is 1.79 bits per heavy atom. The van der Waals surface area contributed by atoms with Crippen LogP contribution in [0.1, 0.15) is 44.2 Å². The molecule has 1 atom stereocenters. The zero-order valence-corrected chi connectivity index (χ0v) is 9.51. The molecule has 0 heterocycles. The maximum absolute atomic E-state index is 4.05. The van der Waals surface area contributed by atoms with Crippen LogP contribution < -0.4 is 0 Å². The molecule has 0 nitrogen and oxygen atoms in total. The molecule has 0 aliphatic heterocycles. The van der Waals surface area contributed by atoms with Crippen LogP contribution in [0.15, 0.2) is 36.4 Å². The van der Waals surface area contributed by atoms with Crippen LogP contribution >= 0.6 is 0 Å². The van der Waals surface area contributed by atoms with Crippen molar-refractivity contribution in [1.29, 1.82) is 0 Å². The van der Waals surface area contributed by atoms with E-state index in [1.807, 2.05) is 0 Å². The summed E-state index contributed by atoms with van der Waals surface area (Å²) in [5, 5.41) is 0. The summed E-state index contributed by atoms with van der Waals surface area (Å²) in [6, 6.07) is 8.92. The first kappa shape index (κ1) is 11.0. The van der Waals surface area contributed by atoms with Crippen LogP contribution in [0.5, 0.6) is 0 Å². The fraction of sp³-hybridized carbons (Fsp3) is 0.429. The Morgan fingerprint density at radius 1 is 1.21 bits per heavy atom. The molecule has 0 aliphatic rings. The Labute approximate surface area is 87.7 Å². The second-order valence-corrected chi connectivity index (χ2v) is 3.90. The minimum absolute atomic E-state index is 0.529. The lowest BCUT2D eigenvalue weighted by Crippen LogP contribution is -1.98. The van der Waals surface area contributed by atoms with E-state index in [0.717, 1.165) is 12.8 Å². The Kier molecular flexibility index (Phi) is 3.94. The van der Waals surface area contributed by atoms with Gasteiger partial charge in [0, 0.05) is 5.92 Å². The second-order valence-electron chi connectivity index (χ2n) is 3.90. The maximum Gasteiger partial charge on any atom is 0.00400 e. The van der Waals surface area contributed by atoms with Gasteiger partial charge >= 0.3 is 0 Å². The smallest absolute Gasteiger partial charge is 0.00400 e. The van der Waals surface area contributed by atoms with E-state index in [0.29, 0.717) is 5.92 Å². The van der Waals surface area contributed by atoms with Crippen molar-refractivity contribution < 1.29 is 0 Å². The lowest BCUT2D eigenvalue weighted by molar-refractivity contribution is 0.762. The molecule has 0 N–H and O–H groups in total. The van der Waals surface area contributed by atoms with Gasteiger partial charge in [0.15, 0.2) is 0 Å². The van der Waals surface area contributed by atoms with Crippen molar-refractivity contribution in [3.05, 3.63) is 47.5 Å². The molecule has 14 heavy (non-hydrogen) atoms. The van der Waals surface area contributed by atoms with E-state index in [2.05, 4.69) is 51.6 Å². The highest BCUT2D eigenvalue weighted by atomic mass is 14.1. The molecule has 1 rings (SSSR count). The number of benzene rings is 1. The molecular weight excluding hydrogens is 168 g/mol. The zero-order chi connectivity index (χ0) is 10.6. The third kappa shape index (κ3) is 2.47. The molecule has 0 spiro atoms. The van der Waals surface area contributed by atoms with Gasteiger partial charge in [-0.2, -0.15) is 0 Å². The molecule has 0 saturated heterocycles. The monoisotopic (exact) mass is 188 g/mol. The zero-order valence-electron chi connectivity index (χ0n) is 9.51. The van der Waals surface area contributed by atoms with Gasteiger partial charge in [-0.15, -0.1) is 0 Å². The first-order valence-corrected chi connectivity index (χ1v) is 5.43. The quantitative estimate of drug-likeness (QED) is 0.617. The minimum Gasteiger partial charge on any atom is -0.0995 e. The van der Waals surface area contributed by atoms with E-state index in [4.69, 9.17) is 0 Å². The summed E-state index contributed by atoms with van der Waals surface area (Å²) in [4.78, 5) is 0. The summed E-state index contributed by atoms with van der Waals surface area (Å²) < 4.78 is 0. The first-order chi connectivity index (χ1) is 6.69. The van der Waals surface area contributed by atoms with Crippen molar-refractivity contribution in [3.63, 3.8) is 0 Å². The van der Waals surface area contributed by atoms with Crippen LogP contribution in [0.3, 0.4) is 0 Å². The number of hydrogen-bond donors (Lipinski definition) is 0. The van der Waals surface area contributed by atoms with Gasteiger partial charge in [-0.25, -0.2) is 0 Å². The average molecular weight is 188 g/mol. The summed E-state index contributed by atoms with van der Waals surface area (Å²) >= 11 is 0. The van der Waals surface area contributed by atoms with Crippen LogP contribution in [0.2, 0.25) is 0 Å². The molecule has 0 aromatic heterocycles. The Hall–Kier alpha value is -1.04. The number of rotatable bonds is 4. The molecule has 0 bridgehead atoms. The summed E-state index contributed by atoms with van der Waals surface area (Å²) in [5.74, 6) is 0.529. The maximum atomic E-state index is 4.05. The standard InChI is InChI=1S/C14H20/c1-5-12-7-9-13(10-8-12)14(6-2)11(3)4/h7-10,14H,3,5-6H2,1-2,4H3. The molecule has 0 radical (unpaired) electrons. The highest BCUT2D eigenvalue weighted by Crippen LogP contribution is 2.26. The van der Waals surface area contributed by atoms with E-state index in [-0.39, 0.29) is 0 Å². The molecule has 0 fully saturated rings. The van der Waals surface area contributed by atoms with Crippen LogP contribution in [0, 0.1) is 0 Å². The van der Waals surface area contributed by atoms with Gasteiger partial charge in [0.25, 0.3) is 0 Å². The molecule has 0 amide bonds. The highest BCUT2D eigenvalue weighted by Gasteiger charge is 2.08. The molecule has 0 aliphatic carbocycles. The highest BCUT2D eigenvalue weighted by molar-refractivity contribution is 5.30. The topological polar surface area (TPSA) is 0 Å². The Bertz CT molecular complexity index is 292. The van der Waals surface area contributed by atoms with Gasteiger partial charge in [-0.1, -0.05) is 50.3 Å². The van der Waals surface area contributed by atoms with Gasteiger partial charge in [0.2, 0.25) is 0 Å². The van der Waals surface area contributed by atoms with E-state index in [1.165, 1.54) is 16.7 Å². The Morgan fingerprint density at radius 3 is 2.14 bits per heavy atom. The molecule has 76 valence electrons. The van der Waals surface area contributed by atoms with Crippen molar-refractivity contribution in [1.82, 2.24) is 0 Å². The van der Waals surface area contributed by atoms with Gasteiger partial charge in [-0.05, 0) is 30.9 Å². The molecule has 0 saturated carbocycles. The average Bonchev–Trinajstić information content (AvgIpc) is 2.19. The number of allylic oxidation sites excluding steroid dienone is 1. The van der Waals surface area contributed by atoms with E-state index < -0.39 is 0 Å². The van der Waals surface area contributed by atoms with Crippen LogP contribution in [0.25, 0.3) is 0 Å². The largest absolute Gasteiger partial charge is 0.0995 e. The third-order valence-electron chi connectivity index (χ3n) is 2.79. The van der Waals surface area contributed by atoms with Crippen molar-refractivity contribution in [2.45, 2.75) is 39.5 Å². The summed E-state index contributed by atoms with van der Waals surface area (Å²) in [6.45, 7) is 10.6. The van der Waals surface area contributed by atoms with E-state index >= 15 is 0 Å². The van der Waals surface area contributed by atoms with E-state index in [1.54, 1.807) is 0 Å². The van der Waals surface area contributed by atoms with Crippen LogP contribution in [-0.2, 0) is 6.42 Å². The summed E-state index contributed by atoms with van der Waals surface area (Å²) in [6.07, 6.45) is 2.25. The van der Waals surface area contributed by atoms with Gasteiger partial charge in [0.1, 0.15) is 0 Å². The van der Waals surface area contributed by atoms with Gasteiger partial charge in [-0.3, -0.25) is 0 Å². The Balaban J connectivity index is 2.89.